The molecule has 120 valence electrons. The maximum Gasteiger partial charge on any atom is 0.223 e. The van der Waals surface area contributed by atoms with Gasteiger partial charge in [0.25, 0.3) is 0 Å². The van der Waals surface area contributed by atoms with E-state index in [4.69, 9.17) is 0 Å². The number of pyridine rings is 1. The first-order valence-corrected chi connectivity index (χ1v) is 8.21. The lowest BCUT2D eigenvalue weighted by atomic mass is 10.1. The van der Waals surface area contributed by atoms with Crippen LogP contribution in [0.25, 0.3) is 0 Å². The van der Waals surface area contributed by atoms with Gasteiger partial charge < -0.3 is 4.90 Å². The number of likely N-dealkylation sites (tertiary alicyclic amines) is 1. The van der Waals surface area contributed by atoms with Crippen LogP contribution in [0.1, 0.15) is 48.7 Å². The van der Waals surface area contributed by atoms with Crippen LogP contribution < -0.4 is 0 Å². The Morgan fingerprint density at radius 1 is 1.26 bits per heavy atom. The zero-order valence-corrected chi connectivity index (χ0v) is 13.5. The zero-order chi connectivity index (χ0) is 16.1. The Labute approximate surface area is 136 Å². The van der Waals surface area contributed by atoms with E-state index in [1.54, 1.807) is 24.8 Å². The molecular weight excluding hydrogens is 288 g/mol. The molecule has 0 bridgehead atoms. The number of hydrogen-bond acceptors (Lipinski definition) is 4. The summed E-state index contributed by atoms with van der Waals surface area (Å²) in [6, 6.07) is 4.10. The minimum Gasteiger partial charge on any atom is -0.334 e. The summed E-state index contributed by atoms with van der Waals surface area (Å²) in [4.78, 5) is 27.3. The Morgan fingerprint density at radius 2 is 2.09 bits per heavy atom. The summed E-state index contributed by atoms with van der Waals surface area (Å²) in [5.41, 5.74) is 3.06. The van der Waals surface area contributed by atoms with Crippen LogP contribution in [-0.2, 0) is 11.2 Å². The van der Waals surface area contributed by atoms with Gasteiger partial charge in [0.1, 0.15) is 0 Å². The van der Waals surface area contributed by atoms with Crippen LogP contribution in [0.3, 0.4) is 0 Å². The van der Waals surface area contributed by atoms with Gasteiger partial charge in [0.15, 0.2) is 0 Å². The van der Waals surface area contributed by atoms with Gasteiger partial charge in [-0.25, -0.2) is 0 Å². The number of amides is 1. The SMILES string of the molecule is Cc1cncc([C@H]2CCCN2C(=O)CCCc2ccncc2)n1. The molecule has 0 radical (unpaired) electrons. The Balaban J connectivity index is 1.58. The molecular formula is C18H22N4O. The van der Waals surface area contributed by atoms with Crippen molar-refractivity contribution in [2.75, 3.05) is 6.54 Å². The monoisotopic (exact) mass is 310 g/mol. The third-order valence-electron chi connectivity index (χ3n) is 4.29. The van der Waals surface area contributed by atoms with E-state index in [1.807, 2.05) is 24.0 Å². The number of hydrogen-bond donors (Lipinski definition) is 0. The van der Waals surface area contributed by atoms with Gasteiger partial charge in [-0.3, -0.25) is 19.7 Å². The summed E-state index contributed by atoms with van der Waals surface area (Å²) in [5, 5.41) is 0. The van der Waals surface area contributed by atoms with E-state index in [-0.39, 0.29) is 11.9 Å². The molecule has 0 spiro atoms. The molecule has 0 aliphatic carbocycles. The maximum atomic E-state index is 12.6. The second-order valence-corrected chi connectivity index (χ2v) is 6.04. The van der Waals surface area contributed by atoms with Crippen molar-refractivity contribution < 1.29 is 4.79 Å². The highest BCUT2D eigenvalue weighted by molar-refractivity contribution is 5.77. The standard InChI is InChI=1S/C18H22N4O/c1-14-12-20-13-16(21-14)17-5-3-11-22(17)18(23)6-2-4-15-7-9-19-10-8-15/h7-10,12-13,17H,2-6,11H2,1H3/t17-/m1/s1. The molecule has 0 aromatic carbocycles. The summed E-state index contributed by atoms with van der Waals surface area (Å²) in [7, 11) is 0. The lowest BCUT2D eigenvalue weighted by Gasteiger charge is -2.24. The quantitative estimate of drug-likeness (QED) is 0.852. The second-order valence-electron chi connectivity index (χ2n) is 6.04. The topological polar surface area (TPSA) is 59.0 Å². The number of carbonyl (C=O) groups excluding carboxylic acids is 1. The number of aryl methyl sites for hydroxylation is 2. The van der Waals surface area contributed by atoms with Crippen LogP contribution in [-0.4, -0.2) is 32.3 Å². The molecule has 1 aliphatic rings. The predicted molar refractivity (Wildman–Crippen MR) is 87.6 cm³/mol. The lowest BCUT2D eigenvalue weighted by molar-refractivity contribution is -0.132. The van der Waals surface area contributed by atoms with Crippen molar-refractivity contribution in [3.63, 3.8) is 0 Å². The molecule has 1 atom stereocenters. The van der Waals surface area contributed by atoms with Gasteiger partial charge in [-0.2, -0.15) is 0 Å². The Bertz CT molecular complexity index is 659. The van der Waals surface area contributed by atoms with Crippen molar-refractivity contribution in [3.05, 3.63) is 53.9 Å². The van der Waals surface area contributed by atoms with E-state index in [1.165, 1.54) is 5.56 Å². The highest BCUT2D eigenvalue weighted by Crippen LogP contribution is 2.31. The molecule has 1 fully saturated rings. The maximum absolute atomic E-state index is 12.6. The average molecular weight is 310 g/mol. The van der Waals surface area contributed by atoms with E-state index >= 15 is 0 Å². The number of carbonyl (C=O) groups is 1. The van der Waals surface area contributed by atoms with Gasteiger partial charge in [-0.15, -0.1) is 0 Å². The minimum absolute atomic E-state index is 0.0934. The van der Waals surface area contributed by atoms with Crippen molar-refractivity contribution in [1.29, 1.82) is 0 Å². The zero-order valence-electron chi connectivity index (χ0n) is 13.5. The molecule has 3 heterocycles. The van der Waals surface area contributed by atoms with Gasteiger partial charge in [-0.05, 0) is 50.3 Å². The third kappa shape index (κ3) is 3.92. The van der Waals surface area contributed by atoms with Crippen LogP contribution >= 0.6 is 0 Å². The summed E-state index contributed by atoms with van der Waals surface area (Å²) < 4.78 is 0. The summed E-state index contributed by atoms with van der Waals surface area (Å²) in [6.45, 7) is 2.76. The molecule has 2 aromatic rings. The van der Waals surface area contributed by atoms with Crippen LogP contribution in [0.4, 0.5) is 0 Å². The average Bonchev–Trinajstić information content (AvgIpc) is 3.05. The van der Waals surface area contributed by atoms with E-state index in [2.05, 4.69) is 15.0 Å². The van der Waals surface area contributed by atoms with Gasteiger partial charge in [0.2, 0.25) is 5.91 Å². The number of rotatable bonds is 5. The van der Waals surface area contributed by atoms with Crippen LogP contribution in [0.15, 0.2) is 36.9 Å². The number of nitrogens with zero attached hydrogens (tertiary/aromatic N) is 4. The second kappa shape index (κ2) is 7.31. The number of aromatic nitrogens is 3. The molecule has 1 amide bonds. The Morgan fingerprint density at radius 3 is 2.87 bits per heavy atom. The summed E-state index contributed by atoms with van der Waals surface area (Å²) >= 11 is 0. The molecule has 5 nitrogen and oxygen atoms in total. The summed E-state index contributed by atoms with van der Waals surface area (Å²) in [6.07, 6.45) is 11.5. The van der Waals surface area contributed by atoms with Crippen molar-refractivity contribution in [2.45, 2.75) is 45.1 Å². The van der Waals surface area contributed by atoms with Crippen molar-refractivity contribution >= 4 is 5.91 Å². The minimum atomic E-state index is 0.0934. The molecule has 2 aromatic heterocycles. The molecule has 5 heteroatoms. The lowest BCUT2D eigenvalue weighted by Crippen LogP contribution is -2.31. The molecule has 0 N–H and O–H groups in total. The molecule has 0 unspecified atom stereocenters. The normalized spacial score (nSPS) is 17.4. The highest BCUT2D eigenvalue weighted by atomic mass is 16.2. The smallest absolute Gasteiger partial charge is 0.223 e. The highest BCUT2D eigenvalue weighted by Gasteiger charge is 2.30. The molecule has 0 saturated carbocycles. The van der Waals surface area contributed by atoms with Gasteiger partial charge >= 0.3 is 0 Å². The van der Waals surface area contributed by atoms with E-state index in [0.29, 0.717) is 6.42 Å². The largest absolute Gasteiger partial charge is 0.334 e. The Hall–Kier alpha value is -2.30. The van der Waals surface area contributed by atoms with Gasteiger partial charge in [0.05, 0.1) is 23.6 Å². The van der Waals surface area contributed by atoms with E-state index < -0.39 is 0 Å². The molecule has 1 aliphatic heterocycles. The fourth-order valence-corrected chi connectivity index (χ4v) is 3.15. The summed E-state index contributed by atoms with van der Waals surface area (Å²) in [5.74, 6) is 0.227. The molecule has 1 saturated heterocycles. The van der Waals surface area contributed by atoms with E-state index in [0.717, 1.165) is 43.6 Å². The van der Waals surface area contributed by atoms with Gasteiger partial charge in [-0.1, -0.05) is 0 Å². The van der Waals surface area contributed by atoms with Gasteiger partial charge in [0, 0.05) is 31.6 Å². The molecule has 3 rings (SSSR count). The fourth-order valence-electron chi connectivity index (χ4n) is 3.15. The van der Waals surface area contributed by atoms with E-state index in [9.17, 15) is 4.79 Å². The Kier molecular flexibility index (Phi) is 4.95. The first-order chi connectivity index (χ1) is 11.2. The van der Waals surface area contributed by atoms with Crippen LogP contribution in [0.5, 0.6) is 0 Å². The third-order valence-corrected chi connectivity index (χ3v) is 4.29. The van der Waals surface area contributed by atoms with Crippen LogP contribution in [0, 0.1) is 6.92 Å². The van der Waals surface area contributed by atoms with Crippen molar-refractivity contribution in [3.8, 4) is 0 Å². The van der Waals surface area contributed by atoms with Crippen molar-refractivity contribution in [2.24, 2.45) is 0 Å². The van der Waals surface area contributed by atoms with Crippen molar-refractivity contribution in [1.82, 2.24) is 19.9 Å². The molecule has 23 heavy (non-hydrogen) atoms. The van der Waals surface area contributed by atoms with Crippen LogP contribution in [0.2, 0.25) is 0 Å². The first kappa shape index (κ1) is 15.6. The fraction of sp³-hybridized carbons (Fsp3) is 0.444. The predicted octanol–water partition coefficient (Wildman–Crippen LogP) is 2.87. The first-order valence-electron chi connectivity index (χ1n) is 8.21.